The summed E-state index contributed by atoms with van der Waals surface area (Å²) in [5.74, 6) is -0.562. The van der Waals surface area contributed by atoms with Gasteiger partial charge in [-0.3, -0.25) is 4.79 Å². The van der Waals surface area contributed by atoms with Gasteiger partial charge in [-0.25, -0.2) is 18.7 Å². The largest absolute Gasteiger partial charge is 0.321 e. The number of carbonyl (C=O) groups excluding carboxylic acids is 1. The molecule has 1 N–H and O–H groups in total. The normalized spacial score (nSPS) is 10.7. The number of aromatic nitrogens is 2. The lowest BCUT2D eigenvalue weighted by molar-refractivity contribution is 0.101. The van der Waals surface area contributed by atoms with Crippen LogP contribution in [0.1, 0.15) is 16.1 Å². The van der Waals surface area contributed by atoms with Crippen LogP contribution in [0.25, 0.3) is 0 Å². The summed E-state index contributed by atoms with van der Waals surface area (Å²) in [6.07, 6.45) is 1.62. The quantitative estimate of drug-likeness (QED) is 0.251. The molecule has 0 atom stereocenters. The minimum atomic E-state index is -0.416. The van der Waals surface area contributed by atoms with E-state index in [0.29, 0.717) is 21.5 Å². The number of benzene rings is 3. The Kier molecular flexibility index (Phi) is 7.14. The Balaban J connectivity index is 1.58. The van der Waals surface area contributed by atoms with Gasteiger partial charge in [-0.1, -0.05) is 53.9 Å². The lowest BCUT2D eigenvalue weighted by Gasteiger charge is -2.11. The van der Waals surface area contributed by atoms with Crippen molar-refractivity contribution in [3.05, 3.63) is 108 Å². The highest BCUT2D eigenvalue weighted by Gasteiger charge is 2.17. The summed E-state index contributed by atoms with van der Waals surface area (Å²) >= 11 is 2.73. The smallest absolute Gasteiger partial charge is 0.275 e. The number of halogens is 2. The van der Waals surface area contributed by atoms with Crippen LogP contribution >= 0.6 is 23.5 Å². The number of thioether (sulfide) groups is 1. The first kappa shape index (κ1) is 22.0. The molecule has 0 saturated carbocycles. The molecule has 0 aliphatic heterocycles. The number of hydrogen-bond acceptors (Lipinski definition) is 5. The topological polar surface area (TPSA) is 54.9 Å². The fraction of sp³-hybridized carbons (Fsp3) is 0.0417. The van der Waals surface area contributed by atoms with Gasteiger partial charge in [-0.15, -0.1) is 0 Å². The van der Waals surface area contributed by atoms with E-state index in [-0.39, 0.29) is 17.3 Å². The fourth-order valence-electron chi connectivity index (χ4n) is 2.73. The average Bonchev–Trinajstić information content (AvgIpc) is 2.81. The Morgan fingerprint density at radius 1 is 0.875 bits per heavy atom. The molecule has 1 aromatic heterocycles. The third kappa shape index (κ3) is 5.93. The maximum Gasteiger partial charge on any atom is 0.275 e. The van der Waals surface area contributed by atoms with E-state index in [4.69, 9.17) is 0 Å². The lowest BCUT2D eigenvalue weighted by atomic mass is 10.2. The molecule has 8 heteroatoms. The molecular formula is C24H17F2N3OS2. The standard InChI is InChI=1S/C24H17F2N3OS2/c25-17-8-6-16(7-9-17)15-31-24-27-14-21(32-20-4-2-1-3-5-20)22(29-24)23(30)28-19-12-10-18(26)11-13-19/h1-14H,15H2,(H,28,30). The molecule has 1 amide bonds. The second-order valence-corrected chi connectivity index (χ2v) is 8.71. The van der Waals surface area contributed by atoms with Crippen LogP contribution in [0.3, 0.4) is 0 Å². The molecule has 4 nitrogen and oxygen atoms in total. The molecule has 3 aromatic carbocycles. The molecule has 4 aromatic rings. The van der Waals surface area contributed by atoms with Crippen LogP contribution in [0.5, 0.6) is 0 Å². The van der Waals surface area contributed by atoms with E-state index >= 15 is 0 Å². The van der Waals surface area contributed by atoms with E-state index in [1.807, 2.05) is 30.3 Å². The zero-order valence-electron chi connectivity index (χ0n) is 16.7. The summed E-state index contributed by atoms with van der Waals surface area (Å²) in [4.78, 5) is 23.4. The summed E-state index contributed by atoms with van der Waals surface area (Å²) in [6.45, 7) is 0. The van der Waals surface area contributed by atoms with E-state index in [9.17, 15) is 13.6 Å². The lowest BCUT2D eigenvalue weighted by Crippen LogP contribution is -2.16. The van der Waals surface area contributed by atoms with E-state index in [1.165, 1.54) is 59.9 Å². The number of rotatable bonds is 7. The minimum Gasteiger partial charge on any atom is -0.321 e. The van der Waals surface area contributed by atoms with Gasteiger partial charge in [-0.2, -0.15) is 0 Å². The predicted octanol–water partition coefficient (Wildman–Crippen LogP) is 6.45. The van der Waals surface area contributed by atoms with Gasteiger partial charge in [0.1, 0.15) is 17.3 Å². The molecular weight excluding hydrogens is 448 g/mol. The first-order valence-corrected chi connectivity index (χ1v) is 11.4. The average molecular weight is 466 g/mol. The first-order valence-electron chi connectivity index (χ1n) is 9.61. The van der Waals surface area contributed by atoms with E-state index in [0.717, 1.165) is 10.5 Å². The van der Waals surface area contributed by atoms with Crippen LogP contribution < -0.4 is 5.32 Å². The van der Waals surface area contributed by atoms with E-state index in [2.05, 4.69) is 15.3 Å². The highest BCUT2D eigenvalue weighted by molar-refractivity contribution is 7.99. The number of anilines is 1. The zero-order valence-corrected chi connectivity index (χ0v) is 18.3. The second kappa shape index (κ2) is 10.4. The van der Waals surface area contributed by atoms with Crippen molar-refractivity contribution in [2.24, 2.45) is 0 Å². The van der Waals surface area contributed by atoms with Crippen molar-refractivity contribution in [1.82, 2.24) is 9.97 Å². The van der Waals surface area contributed by atoms with Crippen molar-refractivity contribution >= 4 is 35.1 Å². The maximum absolute atomic E-state index is 13.2. The number of hydrogen-bond donors (Lipinski definition) is 1. The third-order valence-electron chi connectivity index (χ3n) is 4.30. The Bertz CT molecular complexity index is 1200. The Labute approximate surface area is 192 Å². The Morgan fingerprint density at radius 2 is 1.53 bits per heavy atom. The maximum atomic E-state index is 13.2. The van der Waals surface area contributed by atoms with Gasteiger partial charge in [0.2, 0.25) is 0 Å². The Morgan fingerprint density at radius 3 is 2.22 bits per heavy atom. The molecule has 0 saturated heterocycles. The molecule has 1 heterocycles. The zero-order chi connectivity index (χ0) is 22.3. The van der Waals surface area contributed by atoms with Crippen molar-refractivity contribution in [3.63, 3.8) is 0 Å². The summed E-state index contributed by atoms with van der Waals surface area (Å²) in [5.41, 5.74) is 1.60. The van der Waals surface area contributed by atoms with Gasteiger partial charge in [0.05, 0.1) is 4.90 Å². The first-order chi connectivity index (χ1) is 15.6. The molecule has 0 radical (unpaired) electrons. The summed E-state index contributed by atoms with van der Waals surface area (Å²) in [7, 11) is 0. The van der Waals surface area contributed by atoms with Crippen LogP contribution in [0.2, 0.25) is 0 Å². The van der Waals surface area contributed by atoms with Gasteiger partial charge < -0.3 is 5.32 Å². The van der Waals surface area contributed by atoms with Crippen molar-refractivity contribution in [2.75, 3.05) is 5.32 Å². The van der Waals surface area contributed by atoms with Crippen molar-refractivity contribution in [1.29, 1.82) is 0 Å². The van der Waals surface area contributed by atoms with E-state index < -0.39 is 5.91 Å². The molecule has 32 heavy (non-hydrogen) atoms. The Hall–Kier alpha value is -3.23. The van der Waals surface area contributed by atoms with Gasteiger partial charge >= 0.3 is 0 Å². The molecule has 0 bridgehead atoms. The number of amides is 1. The summed E-state index contributed by atoms with van der Waals surface area (Å²) < 4.78 is 26.3. The summed E-state index contributed by atoms with van der Waals surface area (Å²) in [5, 5.41) is 3.19. The SMILES string of the molecule is O=C(Nc1ccc(F)cc1)c1nc(SCc2ccc(F)cc2)ncc1Sc1ccccc1. The predicted molar refractivity (Wildman–Crippen MR) is 123 cm³/mol. The van der Waals surface area contributed by atoms with Crippen LogP contribution in [0, 0.1) is 11.6 Å². The monoisotopic (exact) mass is 465 g/mol. The molecule has 0 unspecified atom stereocenters. The van der Waals surface area contributed by atoms with Crippen molar-refractivity contribution < 1.29 is 13.6 Å². The molecule has 160 valence electrons. The number of carbonyl (C=O) groups is 1. The van der Waals surface area contributed by atoms with Gasteiger partial charge in [0.25, 0.3) is 5.91 Å². The van der Waals surface area contributed by atoms with Crippen LogP contribution in [-0.4, -0.2) is 15.9 Å². The van der Waals surface area contributed by atoms with Crippen LogP contribution in [0.4, 0.5) is 14.5 Å². The van der Waals surface area contributed by atoms with E-state index in [1.54, 1.807) is 18.3 Å². The molecule has 0 aliphatic rings. The second-order valence-electron chi connectivity index (χ2n) is 6.66. The molecule has 4 rings (SSSR count). The van der Waals surface area contributed by atoms with Crippen molar-refractivity contribution in [3.8, 4) is 0 Å². The van der Waals surface area contributed by atoms with Crippen LogP contribution in [-0.2, 0) is 5.75 Å². The van der Waals surface area contributed by atoms with Crippen LogP contribution in [0.15, 0.2) is 100 Å². The number of nitrogens with one attached hydrogen (secondary N) is 1. The molecule has 0 spiro atoms. The fourth-order valence-corrected chi connectivity index (χ4v) is 4.39. The van der Waals surface area contributed by atoms with Gasteiger partial charge in [0, 0.05) is 22.5 Å². The minimum absolute atomic E-state index is 0.222. The van der Waals surface area contributed by atoms with Gasteiger partial charge in [0.15, 0.2) is 5.16 Å². The summed E-state index contributed by atoms with van der Waals surface area (Å²) in [6, 6.07) is 21.3. The van der Waals surface area contributed by atoms with Gasteiger partial charge in [-0.05, 0) is 54.1 Å². The van der Waals surface area contributed by atoms with Crippen molar-refractivity contribution in [2.45, 2.75) is 20.7 Å². The highest BCUT2D eigenvalue weighted by atomic mass is 32.2. The highest BCUT2D eigenvalue weighted by Crippen LogP contribution is 2.31. The number of nitrogens with zero attached hydrogens (tertiary/aromatic N) is 2. The molecule has 0 fully saturated rings. The third-order valence-corrected chi connectivity index (χ3v) is 6.26. The molecule has 0 aliphatic carbocycles.